The van der Waals surface area contributed by atoms with Crippen LogP contribution in [-0.2, 0) is 0 Å². The molecule has 0 unspecified atom stereocenters. The summed E-state index contributed by atoms with van der Waals surface area (Å²) in [4.78, 5) is 15.7. The SMILES string of the molecule is O=C(O)c1ccccc1-c1ccc2cc(O)ccc2n1. The summed E-state index contributed by atoms with van der Waals surface area (Å²) in [6.07, 6.45) is 0. The Morgan fingerprint density at radius 2 is 1.80 bits per heavy atom. The Balaban J connectivity index is 2.20. The van der Waals surface area contributed by atoms with Crippen LogP contribution in [0, 0.1) is 0 Å². The Morgan fingerprint density at radius 1 is 1.00 bits per heavy atom. The lowest BCUT2D eigenvalue weighted by atomic mass is 10.0. The van der Waals surface area contributed by atoms with E-state index in [1.807, 2.05) is 6.07 Å². The topological polar surface area (TPSA) is 70.4 Å². The number of aromatic hydroxyl groups is 1. The summed E-state index contributed by atoms with van der Waals surface area (Å²) in [5.74, 6) is -0.800. The molecular formula is C16H11NO3. The van der Waals surface area contributed by atoms with Gasteiger partial charge in [0.15, 0.2) is 0 Å². The second-order valence-electron chi connectivity index (χ2n) is 4.42. The molecule has 0 aliphatic carbocycles. The van der Waals surface area contributed by atoms with Crippen molar-refractivity contribution in [3.8, 4) is 17.0 Å². The number of benzene rings is 2. The van der Waals surface area contributed by atoms with E-state index < -0.39 is 5.97 Å². The number of aromatic nitrogens is 1. The molecule has 0 saturated carbocycles. The van der Waals surface area contributed by atoms with Crippen molar-refractivity contribution in [3.05, 3.63) is 60.2 Å². The number of hydrogen-bond donors (Lipinski definition) is 2. The fraction of sp³-hybridized carbons (Fsp3) is 0. The number of carboxylic acid groups (broad SMARTS) is 1. The predicted octanol–water partition coefficient (Wildman–Crippen LogP) is 3.31. The molecule has 3 aromatic rings. The molecule has 0 atom stereocenters. The fourth-order valence-corrected chi connectivity index (χ4v) is 2.16. The van der Waals surface area contributed by atoms with Gasteiger partial charge in [-0.1, -0.05) is 24.3 Å². The normalized spacial score (nSPS) is 10.6. The third-order valence-corrected chi connectivity index (χ3v) is 3.11. The zero-order valence-electron chi connectivity index (χ0n) is 10.4. The van der Waals surface area contributed by atoms with Crippen LogP contribution in [0.4, 0.5) is 0 Å². The molecule has 1 heterocycles. The molecular weight excluding hydrogens is 254 g/mol. The van der Waals surface area contributed by atoms with Crippen molar-refractivity contribution < 1.29 is 15.0 Å². The van der Waals surface area contributed by atoms with Gasteiger partial charge in [-0.3, -0.25) is 0 Å². The highest BCUT2D eigenvalue weighted by Crippen LogP contribution is 2.25. The van der Waals surface area contributed by atoms with E-state index in [0.29, 0.717) is 16.8 Å². The third-order valence-electron chi connectivity index (χ3n) is 3.11. The summed E-state index contributed by atoms with van der Waals surface area (Å²) in [6, 6.07) is 15.2. The quantitative estimate of drug-likeness (QED) is 0.745. The molecule has 0 radical (unpaired) electrons. The first-order valence-electron chi connectivity index (χ1n) is 6.07. The Bertz CT molecular complexity index is 812. The molecule has 4 nitrogen and oxygen atoms in total. The molecule has 1 aromatic heterocycles. The van der Waals surface area contributed by atoms with Crippen molar-refractivity contribution in [1.29, 1.82) is 0 Å². The number of pyridine rings is 1. The van der Waals surface area contributed by atoms with Crippen LogP contribution in [0.25, 0.3) is 22.2 Å². The summed E-state index contributed by atoms with van der Waals surface area (Å²) in [5, 5.41) is 19.5. The van der Waals surface area contributed by atoms with E-state index in [4.69, 9.17) is 0 Å². The first kappa shape index (κ1) is 12.2. The van der Waals surface area contributed by atoms with Gasteiger partial charge in [0.2, 0.25) is 0 Å². The van der Waals surface area contributed by atoms with Crippen molar-refractivity contribution in [3.63, 3.8) is 0 Å². The van der Waals surface area contributed by atoms with Crippen molar-refractivity contribution >= 4 is 16.9 Å². The van der Waals surface area contributed by atoms with Crippen LogP contribution in [-0.4, -0.2) is 21.2 Å². The first-order valence-corrected chi connectivity index (χ1v) is 6.07. The highest BCUT2D eigenvalue weighted by Gasteiger charge is 2.12. The van der Waals surface area contributed by atoms with Gasteiger partial charge in [0, 0.05) is 10.9 Å². The minimum atomic E-state index is -0.979. The Kier molecular flexibility index (Phi) is 2.84. The maximum Gasteiger partial charge on any atom is 0.336 e. The molecule has 98 valence electrons. The lowest BCUT2D eigenvalue weighted by molar-refractivity contribution is 0.0697. The molecule has 0 spiro atoms. The molecule has 0 fully saturated rings. The van der Waals surface area contributed by atoms with Crippen LogP contribution < -0.4 is 0 Å². The van der Waals surface area contributed by atoms with Gasteiger partial charge in [0.25, 0.3) is 0 Å². The number of nitrogens with zero attached hydrogens (tertiary/aromatic N) is 1. The lowest BCUT2D eigenvalue weighted by Crippen LogP contribution is -2.00. The van der Waals surface area contributed by atoms with Crippen molar-refractivity contribution in [2.75, 3.05) is 0 Å². The Morgan fingerprint density at radius 3 is 2.60 bits per heavy atom. The van der Waals surface area contributed by atoms with Crippen LogP contribution in [0.15, 0.2) is 54.6 Å². The zero-order valence-corrected chi connectivity index (χ0v) is 10.4. The van der Waals surface area contributed by atoms with E-state index in [2.05, 4.69) is 4.98 Å². The van der Waals surface area contributed by atoms with E-state index in [0.717, 1.165) is 5.39 Å². The molecule has 0 bridgehead atoms. The molecule has 2 aromatic carbocycles. The van der Waals surface area contributed by atoms with E-state index in [1.54, 1.807) is 48.5 Å². The highest BCUT2D eigenvalue weighted by molar-refractivity contribution is 5.96. The molecule has 0 saturated heterocycles. The van der Waals surface area contributed by atoms with Crippen LogP contribution in [0.2, 0.25) is 0 Å². The zero-order chi connectivity index (χ0) is 14.1. The van der Waals surface area contributed by atoms with Crippen LogP contribution in [0.3, 0.4) is 0 Å². The van der Waals surface area contributed by atoms with Crippen molar-refractivity contribution in [2.45, 2.75) is 0 Å². The van der Waals surface area contributed by atoms with Gasteiger partial charge < -0.3 is 10.2 Å². The number of phenolic OH excluding ortho intramolecular Hbond substituents is 1. The maximum absolute atomic E-state index is 11.2. The van der Waals surface area contributed by atoms with E-state index in [9.17, 15) is 15.0 Å². The molecule has 2 N–H and O–H groups in total. The summed E-state index contributed by atoms with van der Waals surface area (Å²) in [7, 11) is 0. The molecule has 20 heavy (non-hydrogen) atoms. The first-order chi connectivity index (χ1) is 9.65. The molecule has 0 aliphatic heterocycles. The van der Waals surface area contributed by atoms with Gasteiger partial charge in [0.1, 0.15) is 5.75 Å². The number of carbonyl (C=O) groups is 1. The standard InChI is InChI=1S/C16H11NO3/c18-11-6-8-14-10(9-11)5-7-15(17-14)12-3-1-2-4-13(12)16(19)20/h1-9,18H,(H,19,20). The number of carboxylic acids is 1. The number of fused-ring (bicyclic) bond motifs is 1. The number of rotatable bonds is 2. The summed E-state index contributed by atoms with van der Waals surface area (Å²) < 4.78 is 0. The highest BCUT2D eigenvalue weighted by atomic mass is 16.4. The predicted molar refractivity (Wildman–Crippen MR) is 75.8 cm³/mol. The summed E-state index contributed by atoms with van der Waals surface area (Å²) >= 11 is 0. The van der Waals surface area contributed by atoms with Gasteiger partial charge in [0.05, 0.1) is 16.8 Å². The minimum Gasteiger partial charge on any atom is -0.508 e. The van der Waals surface area contributed by atoms with Crippen LogP contribution in [0.5, 0.6) is 5.75 Å². The second-order valence-corrected chi connectivity index (χ2v) is 4.42. The number of aromatic carboxylic acids is 1. The second kappa shape index (κ2) is 4.66. The molecule has 3 rings (SSSR count). The average Bonchev–Trinajstić information content (AvgIpc) is 2.46. The Hall–Kier alpha value is -2.88. The Labute approximate surface area is 115 Å². The van der Waals surface area contributed by atoms with E-state index >= 15 is 0 Å². The monoisotopic (exact) mass is 265 g/mol. The summed E-state index contributed by atoms with van der Waals surface area (Å²) in [6.45, 7) is 0. The van der Waals surface area contributed by atoms with Gasteiger partial charge >= 0.3 is 5.97 Å². The van der Waals surface area contributed by atoms with Crippen molar-refractivity contribution in [1.82, 2.24) is 4.98 Å². The number of hydrogen-bond acceptors (Lipinski definition) is 3. The fourth-order valence-electron chi connectivity index (χ4n) is 2.16. The number of phenols is 1. The summed E-state index contributed by atoms with van der Waals surface area (Å²) in [5.41, 5.74) is 2.11. The lowest BCUT2D eigenvalue weighted by Gasteiger charge is -2.06. The van der Waals surface area contributed by atoms with E-state index in [-0.39, 0.29) is 11.3 Å². The molecule has 0 aliphatic rings. The van der Waals surface area contributed by atoms with Gasteiger partial charge in [-0.2, -0.15) is 0 Å². The largest absolute Gasteiger partial charge is 0.508 e. The van der Waals surface area contributed by atoms with Gasteiger partial charge in [-0.05, 0) is 30.3 Å². The maximum atomic E-state index is 11.2. The van der Waals surface area contributed by atoms with Gasteiger partial charge in [-0.15, -0.1) is 0 Å². The van der Waals surface area contributed by atoms with E-state index in [1.165, 1.54) is 0 Å². The molecule has 4 heteroatoms. The smallest absolute Gasteiger partial charge is 0.336 e. The minimum absolute atomic E-state index is 0.179. The average molecular weight is 265 g/mol. The molecule has 0 amide bonds. The third kappa shape index (κ3) is 2.07. The van der Waals surface area contributed by atoms with Crippen LogP contribution in [0.1, 0.15) is 10.4 Å². The van der Waals surface area contributed by atoms with Crippen LogP contribution >= 0.6 is 0 Å². The van der Waals surface area contributed by atoms with Crippen molar-refractivity contribution in [2.24, 2.45) is 0 Å². The van der Waals surface area contributed by atoms with Gasteiger partial charge in [-0.25, -0.2) is 9.78 Å².